The van der Waals surface area contributed by atoms with Crippen molar-refractivity contribution in [3.05, 3.63) is 63.9 Å². The molecule has 0 unspecified atom stereocenters. The number of imidazole rings is 1. The van der Waals surface area contributed by atoms with Crippen LogP contribution in [0.25, 0.3) is 22.1 Å². The predicted octanol–water partition coefficient (Wildman–Crippen LogP) is 5.28. The second-order valence-corrected chi connectivity index (χ2v) is 15.8. The molecule has 0 radical (unpaired) electrons. The Bertz CT molecular complexity index is 1460. The van der Waals surface area contributed by atoms with Crippen LogP contribution in [0.2, 0.25) is 23.2 Å². The molecule has 4 aromatic rings. The standard InChI is InChI=1S/C26H33ClN4O4Si/c1-26(2,3)36(5,6)34-14-13-30-20-10-8-7-9-19(20)28-23(30)16-29(4)24(32)17-31-21-15-18(27)11-12-22(21)35-25(31)33/h7-12,15H,13-14,16-17H2,1-6H3. The zero-order valence-corrected chi connectivity index (χ0v) is 23.4. The third kappa shape index (κ3) is 5.28. The van der Waals surface area contributed by atoms with E-state index in [9.17, 15) is 9.59 Å². The van der Waals surface area contributed by atoms with Gasteiger partial charge in [-0.2, -0.15) is 0 Å². The Morgan fingerprint density at radius 2 is 1.86 bits per heavy atom. The van der Waals surface area contributed by atoms with Gasteiger partial charge >= 0.3 is 5.76 Å². The molecule has 8 nitrogen and oxygen atoms in total. The molecule has 0 aliphatic rings. The molecule has 0 fully saturated rings. The summed E-state index contributed by atoms with van der Waals surface area (Å²) in [5, 5.41) is 0.588. The Balaban J connectivity index is 1.53. The van der Waals surface area contributed by atoms with Crippen LogP contribution in [0.3, 0.4) is 0 Å². The Morgan fingerprint density at radius 3 is 2.58 bits per heavy atom. The largest absolute Gasteiger partial charge is 0.420 e. The van der Waals surface area contributed by atoms with Crippen molar-refractivity contribution >= 4 is 48.0 Å². The zero-order valence-electron chi connectivity index (χ0n) is 21.7. The van der Waals surface area contributed by atoms with E-state index < -0.39 is 14.1 Å². The number of fused-ring (bicyclic) bond motifs is 2. The third-order valence-corrected chi connectivity index (χ3v) is 11.8. The van der Waals surface area contributed by atoms with Gasteiger partial charge in [-0.25, -0.2) is 9.78 Å². The van der Waals surface area contributed by atoms with Crippen molar-refractivity contribution in [3.8, 4) is 0 Å². The number of rotatable bonds is 8. The first-order chi connectivity index (χ1) is 16.9. The Hall–Kier alpha value is -2.88. The van der Waals surface area contributed by atoms with Crippen LogP contribution in [-0.2, 0) is 28.9 Å². The fourth-order valence-corrected chi connectivity index (χ4v) is 5.05. The van der Waals surface area contributed by atoms with E-state index in [1.54, 1.807) is 30.1 Å². The van der Waals surface area contributed by atoms with Gasteiger partial charge in [-0.1, -0.05) is 44.5 Å². The summed E-state index contributed by atoms with van der Waals surface area (Å²) in [7, 11) is -0.184. The lowest BCUT2D eigenvalue weighted by Gasteiger charge is -2.36. The van der Waals surface area contributed by atoms with E-state index in [-0.39, 0.29) is 17.5 Å². The van der Waals surface area contributed by atoms with Crippen molar-refractivity contribution in [2.45, 2.75) is 58.5 Å². The maximum atomic E-state index is 13.1. The zero-order chi connectivity index (χ0) is 26.3. The molecule has 0 aliphatic heterocycles. The molecule has 10 heteroatoms. The van der Waals surface area contributed by atoms with Crippen LogP contribution in [-0.4, -0.2) is 46.9 Å². The van der Waals surface area contributed by atoms with Gasteiger partial charge in [-0.05, 0) is 48.5 Å². The molecule has 4 rings (SSSR count). The number of aromatic nitrogens is 3. The summed E-state index contributed by atoms with van der Waals surface area (Å²) in [6.07, 6.45) is 0. The maximum Gasteiger partial charge on any atom is 0.420 e. The number of para-hydroxylation sites is 2. The van der Waals surface area contributed by atoms with Crippen molar-refractivity contribution in [1.82, 2.24) is 19.0 Å². The van der Waals surface area contributed by atoms with E-state index in [0.717, 1.165) is 16.9 Å². The average Bonchev–Trinajstić information content (AvgIpc) is 3.29. The van der Waals surface area contributed by atoms with E-state index in [1.165, 1.54) is 4.57 Å². The maximum absolute atomic E-state index is 13.1. The Kier molecular flexibility index (Phi) is 7.18. The van der Waals surface area contributed by atoms with Crippen molar-refractivity contribution in [2.75, 3.05) is 13.7 Å². The summed E-state index contributed by atoms with van der Waals surface area (Å²) in [5.41, 5.74) is 2.75. The number of likely N-dealkylation sites (N-methyl/N-ethyl adjacent to an activating group) is 1. The number of nitrogens with zero attached hydrogens (tertiary/aromatic N) is 4. The normalized spacial score (nSPS) is 12.5. The molecule has 36 heavy (non-hydrogen) atoms. The number of carbonyl (C=O) groups excluding carboxylic acids is 1. The summed E-state index contributed by atoms with van der Waals surface area (Å²) in [4.78, 5) is 31.8. The quantitative estimate of drug-likeness (QED) is 0.291. The van der Waals surface area contributed by atoms with Gasteiger partial charge in [0.05, 0.1) is 29.7 Å². The van der Waals surface area contributed by atoms with Gasteiger partial charge in [0.2, 0.25) is 5.91 Å². The van der Waals surface area contributed by atoms with Gasteiger partial charge in [-0.15, -0.1) is 0 Å². The topological polar surface area (TPSA) is 82.5 Å². The van der Waals surface area contributed by atoms with Crippen LogP contribution in [0.15, 0.2) is 51.7 Å². The highest BCUT2D eigenvalue weighted by Gasteiger charge is 2.37. The van der Waals surface area contributed by atoms with Gasteiger partial charge < -0.3 is 18.3 Å². The minimum absolute atomic E-state index is 0.124. The highest BCUT2D eigenvalue weighted by atomic mass is 35.5. The van der Waals surface area contributed by atoms with Gasteiger partial charge in [-0.3, -0.25) is 9.36 Å². The average molecular weight is 529 g/mol. The summed E-state index contributed by atoms with van der Waals surface area (Å²) >= 11 is 6.09. The molecular weight excluding hydrogens is 496 g/mol. The first-order valence-electron chi connectivity index (χ1n) is 12.0. The fourth-order valence-electron chi connectivity index (χ4n) is 3.85. The molecule has 0 saturated carbocycles. The summed E-state index contributed by atoms with van der Waals surface area (Å²) in [6.45, 7) is 12.5. The lowest BCUT2D eigenvalue weighted by molar-refractivity contribution is -0.131. The van der Waals surface area contributed by atoms with Crippen LogP contribution >= 0.6 is 11.6 Å². The van der Waals surface area contributed by atoms with Gasteiger partial charge in [0.15, 0.2) is 13.9 Å². The van der Waals surface area contributed by atoms with Crippen molar-refractivity contribution in [3.63, 3.8) is 0 Å². The van der Waals surface area contributed by atoms with Gasteiger partial charge in [0.1, 0.15) is 12.4 Å². The molecule has 2 aromatic heterocycles. The molecule has 0 N–H and O–H groups in total. The molecule has 0 bridgehead atoms. The van der Waals surface area contributed by atoms with Gasteiger partial charge in [0, 0.05) is 18.6 Å². The second-order valence-electron chi connectivity index (χ2n) is 10.6. The van der Waals surface area contributed by atoms with E-state index in [2.05, 4.69) is 38.4 Å². The second kappa shape index (κ2) is 9.88. The molecule has 192 valence electrons. The fraction of sp³-hybridized carbons (Fsp3) is 0.423. The Morgan fingerprint density at radius 1 is 1.14 bits per heavy atom. The predicted molar refractivity (Wildman–Crippen MR) is 145 cm³/mol. The number of carbonyl (C=O) groups is 1. The molecule has 2 heterocycles. The van der Waals surface area contributed by atoms with Crippen LogP contribution in [0.4, 0.5) is 0 Å². The van der Waals surface area contributed by atoms with Crippen molar-refractivity contribution in [2.24, 2.45) is 0 Å². The number of oxazole rings is 1. The molecule has 0 atom stereocenters. The first kappa shape index (κ1) is 26.2. The van der Waals surface area contributed by atoms with Crippen LogP contribution < -0.4 is 5.76 Å². The van der Waals surface area contributed by atoms with Crippen LogP contribution in [0, 0.1) is 0 Å². The van der Waals surface area contributed by atoms with E-state index in [4.69, 9.17) is 25.4 Å². The monoisotopic (exact) mass is 528 g/mol. The molecule has 1 amide bonds. The highest BCUT2D eigenvalue weighted by Crippen LogP contribution is 2.36. The number of hydrogen-bond acceptors (Lipinski definition) is 5. The van der Waals surface area contributed by atoms with Gasteiger partial charge in [0.25, 0.3) is 0 Å². The SMILES string of the molecule is CN(Cc1nc2ccccc2n1CCO[Si](C)(C)C(C)(C)C)C(=O)Cn1c(=O)oc2ccc(Cl)cc21. The molecule has 2 aromatic carbocycles. The number of hydrogen-bond donors (Lipinski definition) is 0. The smallest absolute Gasteiger partial charge is 0.415 e. The van der Waals surface area contributed by atoms with Crippen LogP contribution in [0.1, 0.15) is 26.6 Å². The summed E-state index contributed by atoms with van der Waals surface area (Å²) in [6, 6.07) is 12.8. The number of halogens is 1. The lowest BCUT2D eigenvalue weighted by Crippen LogP contribution is -2.41. The number of amides is 1. The molecule has 0 saturated heterocycles. The minimum Gasteiger partial charge on any atom is -0.415 e. The third-order valence-electron chi connectivity index (χ3n) is 7.04. The van der Waals surface area contributed by atoms with Crippen molar-refractivity contribution in [1.29, 1.82) is 0 Å². The molecular formula is C26H33ClN4O4Si. The van der Waals surface area contributed by atoms with Crippen molar-refractivity contribution < 1.29 is 13.6 Å². The number of benzene rings is 2. The van der Waals surface area contributed by atoms with E-state index >= 15 is 0 Å². The molecule has 0 aliphatic carbocycles. The van der Waals surface area contributed by atoms with Crippen LogP contribution in [0.5, 0.6) is 0 Å². The molecule has 0 spiro atoms. The highest BCUT2D eigenvalue weighted by molar-refractivity contribution is 6.74. The lowest BCUT2D eigenvalue weighted by atomic mass is 10.2. The van der Waals surface area contributed by atoms with E-state index in [0.29, 0.717) is 35.8 Å². The summed E-state index contributed by atoms with van der Waals surface area (Å²) in [5.74, 6) is -0.0711. The first-order valence-corrected chi connectivity index (χ1v) is 15.3. The summed E-state index contributed by atoms with van der Waals surface area (Å²) < 4.78 is 15.1. The van der Waals surface area contributed by atoms with E-state index in [1.807, 2.05) is 24.3 Å². The minimum atomic E-state index is -1.89. The Labute approximate surface area is 216 Å².